The molecule has 3 heterocycles. The standard InChI is InChI=1S/C18H20ClN3O2S/c19-14-2-4-16(5-3-14)22-12-18(24-17(22)23)6-1-8-21(9-7-18)10-15-11-25-13-20-15/h2-5,11,13H,1,6-10,12H2. The van der Waals surface area contributed by atoms with E-state index in [0.29, 0.717) is 11.6 Å². The van der Waals surface area contributed by atoms with Crippen LogP contribution in [0.3, 0.4) is 0 Å². The Bertz CT molecular complexity index is 737. The zero-order chi connectivity index (χ0) is 17.3. The number of carbonyl (C=O) groups excluding carboxylic acids is 1. The first-order chi connectivity index (χ1) is 12.1. The van der Waals surface area contributed by atoms with Gasteiger partial charge in [-0.05, 0) is 43.7 Å². The van der Waals surface area contributed by atoms with Gasteiger partial charge in [0, 0.05) is 35.6 Å². The van der Waals surface area contributed by atoms with Gasteiger partial charge in [0.1, 0.15) is 5.60 Å². The lowest BCUT2D eigenvalue weighted by Crippen LogP contribution is -2.36. The van der Waals surface area contributed by atoms with E-state index in [2.05, 4.69) is 15.3 Å². The van der Waals surface area contributed by atoms with Crippen LogP contribution in [-0.4, -0.2) is 41.2 Å². The van der Waals surface area contributed by atoms with Gasteiger partial charge in [0.2, 0.25) is 0 Å². The van der Waals surface area contributed by atoms with Gasteiger partial charge in [-0.1, -0.05) is 11.6 Å². The van der Waals surface area contributed by atoms with Crippen molar-refractivity contribution in [1.82, 2.24) is 9.88 Å². The Morgan fingerprint density at radius 3 is 2.84 bits per heavy atom. The lowest BCUT2D eigenvalue weighted by atomic mass is 9.95. The van der Waals surface area contributed by atoms with Crippen LogP contribution in [0.4, 0.5) is 10.5 Å². The van der Waals surface area contributed by atoms with Crippen LogP contribution in [0, 0.1) is 0 Å². The van der Waals surface area contributed by atoms with Crippen LogP contribution < -0.4 is 4.90 Å². The van der Waals surface area contributed by atoms with E-state index < -0.39 is 0 Å². The quantitative estimate of drug-likeness (QED) is 0.805. The average Bonchev–Trinajstić information content (AvgIpc) is 3.16. The van der Waals surface area contributed by atoms with E-state index in [4.69, 9.17) is 16.3 Å². The second-order valence-corrected chi connectivity index (χ2v) is 7.88. The number of halogens is 1. The first-order valence-electron chi connectivity index (χ1n) is 8.49. The molecule has 132 valence electrons. The van der Waals surface area contributed by atoms with Gasteiger partial charge in [-0.3, -0.25) is 9.80 Å². The zero-order valence-electron chi connectivity index (χ0n) is 13.9. The van der Waals surface area contributed by atoms with E-state index in [-0.39, 0.29) is 11.7 Å². The third kappa shape index (κ3) is 3.66. The van der Waals surface area contributed by atoms with Crippen molar-refractivity contribution in [2.24, 2.45) is 0 Å². The van der Waals surface area contributed by atoms with Crippen LogP contribution in [0.1, 0.15) is 25.0 Å². The molecule has 1 amide bonds. The lowest BCUT2D eigenvalue weighted by molar-refractivity contribution is 0.0443. The summed E-state index contributed by atoms with van der Waals surface area (Å²) in [6, 6.07) is 7.34. The maximum atomic E-state index is 12.4. The number of carbonyl (C=O) groups is 1. The minimum Gasteiger partial charge on any atom is -0.441 e. The van der Waals surface area contributed by atoms with Crippen LogP contribution in [-0.2, 0) is 11.3 Å². The van der Waals surface area contributed by atoms with Crippen molar-refractivity contribution >= 4 is 34.7 Å². The van der Waals surface area contributed by atoms with Gasteiger partial charge in [-0.15, -0.1) is 11.3 Å². The lowest BCUT2D eigenvalue weighted by Gasteiger charge is -2.25. The Morgan fingerprint density at radius 2 is 2.08 bits per heavy atom. The Hall–Kier alpha value is -1.63. The van der Waals surface area contributed by atoms with Crippen molar-refractivity contribution in [3.05, 3.63) is 45.9 Å². The van der Waals surface area contributed by atoms with Crippen LogP contribution >= 0.6 is 22.9 Å². The number of nitrogens with zero attached hydrogens (tertiary/aromatic N) is 3. The molecular formula is C18H20ClN3O2S. The molecule has 2 aromatic rings. The Kier molecular flexibility index (Phi) is 4.67. The molecule has 2 fully saturated rings. The van der Waals surface area contributed by atoms with Crippen molar-refractivity contribution in [2.75, 3.05) is 24.5 Å². The number of anilines is 1. The predicted molar refractivity (Wildman–Crippen MR) is 99.3 cm³/mol. The molecule has 0 radical (unpaired) electrons. The first kappa shape index (κ1) is 16.8. The summed E-state index contributed by atoms with van der Waals surface area (Å²) in [7, 11) is 0. The number of ether oxygens (including phenoxy) is 1. The molecule has 1 aromatic carbocycles. The highest BCUT2D eigenvalue weighted by molar-refractivity contribution is 7.07. The summed E-state index contributed by atoms with van der Waals surface area (Å²) in [4.78, 5) is 20.9. The third-order valence-electron chi connectivity index (χ3n) is 4.97. The molecule has 0 bridgehead atoms. The number of hydrogen-bond acceptors (Lipinski definition) is 5. The number of benzene rings is 1. The van der Waals surface area contributed by atoms with E-state index in [9.17, 15) is 4.79 Å². The van der Waals surface area contributed by atoms with Crippen LogP contribution in [0.25, 0.3) is 0 Å². The van der Waals surface area contributed by atoms with Crippen LogP contribution in [0.15, 0.2) is 35.2 Å². The van der Waals surface area contributed by atoms with Gasteiger partial charge >= 0.3 is 6.09 Å². The highest BCUT2D eigenvalue weighted by Gasteiger charge is 2.46. The summed E-state index contributed by atoms with van der Waals surface area (Å²) in [5.74, 6) is 0. The predicted octanol–water partition coefficient (Wildman–Crippen LogP) is 4.18. The maximum Gasteiger partial charge on any atom is 0.415 e. The SMILES string of the molecule is O=C1OC2(CCCN(Cc3cscn3)CC2)CN1c1ccc(Cl)cc1. The normalized spacial score (nSPS) is 24.5. The Balaban J connectivity index is 1.44. The zero-order valence-corrected chi connectivity index (χ0v) is 15.4. The number of likely N-dealkylation sites (tertiary alicyclic amines) is 1. The molecule has 2 aliphatic rings. The topological polar surface area (TPSA) is 45.7 Å². The molecule has 0 saturated carbocycles. The molecule has 1 spiro atoms. The van der Waals surface area contributed by atoms with E-state index >= 15 is 0 Å². The summed E-state index contributed by atoms with van der Waals surface area (Å²) in [6.45, 7) is 3.41. The highest BCUT2D eigenvalue weighted by atomic mass is 35.5. The minimum absolute atomic E-state index is 0.254. The van der Waals surface area contributed by atoms with Crippen LogP contribution in [0.5, 0.6) is 0 Å². The molecule has 0 aliphatic carbocycles. The fourth-order valence-corrected chi connectivity index (χ4v) is 4.31. The number of amides is 1. The molecule has 5 nitrogen and oxygen atoms in total. The molecule has 2 saturated heterocycles. The van der Waals surface area contributed by atoms with Gasteiger partial charge < -0.3 is 4.74 Å². The maximum absolute atomic E-state index is 12.4. The molecule has 25 heavy (non-hydrogen) atoms. The molecule has 0 N–H and O–H groups in total. The van der Waals surface area contributed by atoms with E-state index in [1.54, 1.807) is 28.4 Å². The average molecular weight is 378 g/mol. The van der Waals surface area contributed by atoms with E-state index in [0.717, 1.165) is 50.3 Å². The largest absolute Gasteiger partial charge is 0.441 e. The molecule has 2 aliphatic heterocycles. The number of thiazole rings is 1. The highest BCUT2D eigenvalue weighted by Crippen LogP contribution is 2.36. The Labute approximate surface area is 156 Å². The number of aromatic nitrogens is 1. The summed E-state index contributed by atoms with van der Waals surface area (Å²) in [5, 5.41) is 2.76. The molecule has 1 atom stereocenters. The van der Waals surface area contributed by atoms with Crippen molar-refractivity contribution in [1.29, 1.82) is 0 Å². The molecule has 1 unspecified atom stereocenters. The Morgan fingerprint density at radius 1 is 1.24 bits per heavy atom. The summed E-state index contributed by atoms with van der Waals surface area (Å²) < 4.78 is 5.86. The van der Waals surface area contributed by atoms with E-state index in [1.807, 2.05) is 17.6 Å². The molecular weight excluding hydrogens is 358 g/mol. The van der Waals surface area contributed by atoms with Crippen LogP contribution in [0.2, 0.25) is 5.02 Å². The second kappa shape index (κ2) is 6.94. The second-order valence-electron chi connectivity index (χ2n) is 6.72. The van der Waals surface area contributed by atoms with Gasteiger partial charge in [0.05, 0.1) is 17.7 Å². The van der Waals surface area contributed by atoms with Gasteiger partial charge in [-0.2, -0.15) is 0 Å². The van der Waals surface area contributed by atoms with E-state index in [1.165, 1.54) is 0 Å². The summed E-state index contributed by atoms with van der Waals surface area (Å²) in [6.07, 6.45) is 2.52. The van der Waals surface area contributed by atoms with Gasteiger partial charge in [0.25, 0.3) is 0 Å². The molecule has 4 rings (SSSR count). The minimum atomic E-state index is -0.381. The smallest absolute Gasteiger partial charge is 0.415 e. The number of rotatable bonds is 3. The fourth-order valence-electron chi connectivity index (χ4n) is 3.63. The monoisotopic (exact) mass is 377 g/mol. The summed E-state index contributed by atoms with van der Waals surface area (Å²) >= 11 is 7.58. The van der Waals surface area contributed by atoms with Crippen molar-refractivity contribution < 1.29 is 9.53 Å². The number of hydrogen-bond donors (Lipinski definition) is 0. The molecule has 1 aromatic heterocycles. The van der Waals surface area contributed by atoms with Gasteiger partial charge in [0.15, 0.2) is 0 Å². The fraction of sp³-hybridized carbons (Fsp3) is 0.444. The van der Waals surface area contributed by atoms with Gasteiger partial charge in [-0.25, -0.2) is 9.78 Å². The van der Waals surface area contributed by atoms with Crippen molar-refractivity contribution in [2.45, 2.75) is 31.4 Å². The van der Waals surface area contributed by atoms with Crippen molar-refractivity contribution in [3.63, 3.8) is 0 Å². The summed E-state index contributed by atoms with van der Waals surface area (Å²) in [5.41, 5.74) is 3.45. The first-order valence-corrected chi connectivity index (χ1v) is 9.81. The molecule has 7 heteroatoms. The van der Waals surface area contributed by atoms with Crippen molar-refractivity contribution in [3.8, 4) is 0 Å². The third-order valence-corrected chi connectivity index (χ3v) is 5.86.